The average molecular weight is 473 g/mol. The van der Waals surface area contributed by atoms with Crippen LogP contribution in [0, 0.1) is 22.0 Å². The molecule has 0 radical (unpaired) electrons. The van der Waals surface area contributed by atoms with E-state index in [0.717, 1.165) is 11.8 Å². The van der Waals surface area contributed by atoms with Crippen LogP contribution in [-0.2, 0) is 20.9 Å². The van der Waals surface area contributed by atoms with Gasteiger partial charge in [0.2, 0.25) is 11.0 Å². The Kier molecular flexibility index (Phi) is 6.16. The Morgan fingerprint density at radius 2 is 2.06 bits per heavy atom. The van der Waals surface area contributed by atoms with E-state index in [2.05, 4.69) is 0 Å². The maximum atomic E-state index is 13.0. The number of fused-ring (bicyclic) bond motifs is 1. The predicted octanol–water partition coefficient (Wildman–Crippen LogP) is 4.37. The lowest BCUT2D eigenvalue weighted by Gasteiger charge is -2.45. The van der Waals surface area contributed by atoms with Gasteiger partial charge in [0.05, 0.1) is 22.4 Å². The molecule has 2 aliphatic heterocycles. The molecule has 0 bridgehead atoms. The second-order valence-electron chi connectivity index (χ2n) is 7.88. The molecule has 3 heterocycles. The van der Waals surface area contributed by atoms with E-state index < -0.39 is 10.9 Å². The Balaban J connectivity index is 1.58. The molecule has 32 heavy (non-hydrogen) atoms. The van der Waals surface area contributed by atoms with Gasteiger partial charge in [-0.05, 0) is 35.2 Å². The molecule has 2 aliphatic rings. The van der Waals surface area contributed by atoms with Crippen molar-refractivity contribution in [1.29, 1.82) is 0 Å². The Labute approximate surface area is 192 Å². The number of hydrogen-bond donors (Lipinski definition) is 0. The predicted molar refractivity (Wildman–Crippen MR) is 120 cm³/mol. The van der Waals surface area contributed by atoms with Gasteiger partial charge in [-0.25, -0.2) is 4.79 Å². The van der Waals surface area contributed by atoms with Crippen LogP contribution in [0.4, 0.5) is 5.69 Å². The fourth-order valence-corrected chi connectivity index (χ4v) is 5.80. The number of amides is 1. The number of carbonyl (C=O) groups is 3. The fourth-order valence-electron chi connectivity index (χ4n) is 4.09. The van der Waals surface area contributed by atoms with Gasteiger partial charge in [-0.1, -0.05) is 26.0 Å². The van der Waals surface area contributed by atoms with Gasteiger partial charge in [-0.15, -0.1) is 0 Å². The van der Waals surface area contributed by atoms with E-state index in [9.17, 15) is 24.5 Å². The summed E-state index contributed by atoms with van der Waals surface area (Å²) >= 11 is 2.34. The molecule has 2 unspecified atom stereocenters. The number of nitrogens with zero attached hydrogens (tertiary/aromatic N) is 2. The number of β-lactam (4-membered cyclic amide) rings is 1. The number of esters is 1. The SMILES string of the molecule is CC(C)C1C(=O)N2C(C(=O)OCc3ccccc3[N+](=O)[O-])=C(SC(=O)c3ccsc3)CC12. The van der Waals surface area contributed by atoms with Crippen molar-refractivity contribution in [3.63, 3.8) is 0 Å². The number of nitro benzene ring substituents is 1. The largest absolute Gasteiger partial charge is 0.456 e. The van der Waals surface area contributed by atoms with Gasteiger partial charge in [-0.2, -0.15) is 11.3 Å². The summed E-state index contributed by atoms with van der Waals surface area (Å²) in [5, 5.41) is 14.5. The van der Waals surface area contributed by atoms with E-state index >= 15 is 0 Å². The summed E-state index contributed by atoms with van der Waals surface area (Å²) in [7, 11) is 0. The highest BCUT2D eigenvalue weighted by molar-refractivity contribution is 8.17. The standard InChI is InChI=1S/C22H20N2O6S2/c1-12(2)18-16-9-17(32-22(27)14-7-8-31-11-14)19(23(16)20(18)25)21(26)30-10-13-5-3-4-6-15(13)24(28)29/h3-8,11-12,16,18H,9-10H2,1-2H3. The van der Waals surface area contributed by atoms with Crippen LogP contribution in [0.25, 0.3) is 0 Å². The zero-order valence-corrected chi connectivity index (χ0v) is 19.0. The number of benzene rings is 1. The lowest BCUT2D eigenvalue weighted by molar-refractivity contribution is -0.385. The molecule has 166 valence electrons. The first-order chi connectivity index (χ1) is 15.3. The van der Waals surface area contributed by atoms with Gasteiger partial charge >= 0.3 is 5.97 Å². The minimum absolute atomic E-state index is 0.0732. The molecule has 1 aromatic heterocycles. The molecular formula is C22H20N2O6S2. The van der Waals surface area contributed by atoms with Crippen LogP contribution in [0.1, 0.15) is 36.2 Å². The second-order valence-corrected chi connectivity index (χ2v) is 9.73. The van der Waals surface area contributed by atoms with Crippen LogP contribution < -0.4 is 0 Å². The lowest BCUT2D eigenvalue weighted by atomic mass is 9.79. The summed E-state index contributed by atoms with van der Waals surface area (Å²) in [5.41, 5.74) is 0.699. The van der Waals surface area contributed by atoms with Crippen LogP contribution in [0.3, 0.4) is 0 Å². The molecule has 0 spiro atoms. The van der Waals surface area contributed by atoms with Crippen molar-refractivity contribution in [2.24, 2.45) is 11.8 Å². The molecule has 0 N–H and O–H groups in total. The monoisotopic (exact) mass is 472 g/mol. The van der Waals surface area contributed by atoms with Crippen LogP contribution in [0.15, 0.2) is 51.7 Å². The van der Waals surface area contributed by atoms with Gasteiger partial charge in [-0.3, -0.25) is 19.7 Å². The van der Waals surface area contributed by atoms with Gasteiger partial charge in [0, 0.05) is 28.3 Å². The average Bonchev–Trinajstić information content (AvgIpc) is 3.39. The van der Waals surface area contributed by atoms with Crippen LogP contribution in [0.2, 0.25) is 0 Å². The minimum atomic E-state index is -0.762. The van der Waals surface area contributed by atoms with Crippen molar-refractivity contribution in [3.8, 4) is 0 Å². The number of ether oxygens (including phenoxy) is 1. The van der Waals surface area contributed by atoms with E-state index in [1.54, 1.807) is 22.9 Å². The Morgan fingerprint density at radius 1 is 1.31 bits per heavy atom. The third-order valence-electron chi connectivity index (χ3n) is 5.60. The maximum absolute atomic E-state index is 13.0. The number of thiophene rings is 1. The molecule has 0 saturated carbocycles. The van der Waals surface area contributed by atoms with Crippen LogP contribution in [0.5, 0.6) is 0 Å². The summed E-state index contributed by atoms with van der Waals surface area (Å²) in [6.07, 6.45) is 0.408. The molecule has 4 rings (SSSR count). The van der Waals surface area contributed by atoms with E-state index in [-0.39, 0.29) is 52.5 Å². The fraction of sp³-hybridized carbons (Fsp3) is 0.318. The van der Waals surface area contributed by atoms with Gasteiger partial charge in [0.15, 0.2) is 0 Å². The lowest BCUT2D eigenvalue weighted by Crippen LogP contribution is -2.60. The highest BCUT2D eigenvalue weighted by atomic mass is 32.2. The first-order valence-corrected chi connectivity index (χ1v) is 11.8. The summed E-state index contributed by atoms with van der Waals surface area (Å²) in [4.78, 5) is 51.1. The Bertz CT molecular complexity index is 1130. The van der Waals surface area contributed by atoms with Crippen molar-refractivity contribution >= 4 is 45.8 Å². The molecule has 2 aromatic rings. The number of hydrogen-bond acceptors (Lipinski definition) is 8. The number of thioether (sulfide) groups is 1. The highest BCUT2D eigenvalue weighted by Crippen LogP contribution is 2.49. The third kappa shape index (κ3) is 3.95. The topological polar surface area (TPSA) is 107 Å². The van der Waals surface area contributed by atoms with E-state index in [0.29, 0.717) is 16.9 Å². The molecule has 10 heteroatoms. The molecule has 1 saturated heterocycles. The van der Waals surface area contributed by atoms with Crippen molar-refractivity contribution in [1.82, 2.24) is 4.90 Å². The first kappa shape index (κ1) is 22.2. The summed E-state index contributed by atoms with van der Waals surface area (Å²) in [5.74, 6) is -1.05. The minimum Gasteiger partial charge on any atom is -0.456 e. The smallest absolute Gasteiger partial charge is 0.356 e. The van der Waals surface area contributed by atoms with E-state index in [4.69, 9.17) is 4.74 Å². The third-order valence-corrected chi connectivity index (χ3v) is 7.31. The normalized spacial score (nSPS) is 19.7. The molecular weight excluding hydrogens is 452 g/mol. The van der Waals surface area contributed by atoms with E-state index in [1.807, 2.05) is 13.8 Å². The molecule has 1 amide bonds. The molecule has 2 atom stereocenters. The van der Waals surface area contributed by atoms with Crippen LogP contribution >= 0.6 is 23.1 Å². The van der Waals surface area contributed by atoms with Crippen LogP contribution in [-0.4, -0.2) is 32.9 Å². The van der Waals surface area contributed by atoms with Gasteiger partial charge in [0.25, 0.3) is 5.69 Å². The molecule has 8 nitrogen and oxygen atoms in total. The van der Waals surface area contributed by atoms with Gasteiger partial charge < -0.3 is 9.64 Å². The summed E-state index contributed by atoms with van der Waals surface area (Å²) in [6.45, 7) is 3.60. The van der Waals surface area contributed by atoms with Crippen molar-refractivity contribution in [2.75, 3.05) is 0 Å². The number of carbonyl (C=O) groups excluding carboxylic acids is 3. The number of rotatable bonds is 7. The summed E-state index contributed by atoms with van der Waals surface area (Å²) in [6, 6.07) is 7.52. The second kappa shape index (κ2) is 8.87. The first-order valence-electron chi connectivity index (χ1n) is 9.99. The number of para-hydroxylation sites is 1. The molecule has 0 aliphatic carbocycles. The quantitative estimate of drug-likeness (QED) is 0.255. The zero-order chi connectivity index (χ0) is 23.0. The maximum Gasteiger partial charge on any atom is 0.356 e. The van der Waals surface area contributed by atoms with Crippen molar-refractivity contribution < 1.29 is 24.0 Å². The summed E-state index contributed by atoms with van der Waals surface area (Å²) < 4.78 is 5.38. The number of nitro groups is 1. The van der Waals surface area contributed by atoms with Crippen molar-refractivity contribution in [2.45, 2.75) is 32.9 Å². The van der Waals surface area contributed by atoms with Gasteiger partial charge in [0.1, 0.15) is 12.3 Å². The zero-order valence-electron chi connectivity index (χ0n) is 17.3. The Morgan fingerprint density at radius 3 is 2.72 bits per heavy atom. The highest BCUT2D eigenvalue weighted by Gasteiger charge is 2.56. The van der Waals surface area contributed by atoms with Crippen molar-refractivity contribution in [3.05, 3.63) is 72.9 Å². The Hall–Kier alpha value is -2.98. The molecule has 1 fully saturated rings. The van der Waals surface area contributed by atoms with E-state index in [1.165, 1.54) is 34.4 Å². The molecule has 1 aromatic carbocycles.